The molecule has 0 aromatic heterocycles. The molecular formula is C26H43NNa2O8S. The van der Waals surface area contributed by atoms with Gasteiger partial charge in [0, 0.05) is 65.5 Å². The van der Waals surface area contributed by atoms with E-state index in [0.717, 1.165) is 38.5 Å². The van der Waals surface area contributed by atoms with E-state index in [2.05, 4.69) is 26.1 Å². The third-order valence-corrected chi connectivity index (χ3v) is 11.4. The molecule has 12 heteroatoms. The molecule has 4 fully saturated rings. The van der Waals surface area contributed by atoms with Gasteiger partial charge in [-0.1, -0.05) is 20.8 Å². The van der Waals surface area contributed by atoms with Crippen LogP contribution in [0, 0.1) is 46.3 Å². The number of aliphatic hydroxyl groups is 1. The number of carbonyl (C=O) groups is 2. The number of amides is 1. The second-order valence-electron chi connectivity index (χ2n) is 12.6. The van der Waals surface area contributed by atoms with Crippen molar-refractivity contribution < 1.29 is 37.0 Å². The Morgan fingerprint density at radius 2 is 1.66 bits per heavy atom. The summed E-state index contributed by atoms with van der Waals surface area (Å²) in [5.74, 6) is 0.732. The molecule has 0 aliphatic heterocycles. The van der Waals surface area contributed by atoms with E-state index >= 15 is 0 Å². The van der Waals surface area contributed by atoms with Crippen LogP contribution >= 0.6 is 0 Å². The molecule has 10 atom stereocenters. The summed E-state index contributed by atoms with van der Waals surface area (Å²) in [5, 5.41) is 22.7. The van der Waals surface area contributed by atoms with Crippen LogP contribution in [0.5, 0.6) is 0 Å². The number of carboxylic acid groups (broad SMARTS) is 1. The summed E-state index contributed by atoms with van der Waals surface area (Å²) in [5.41, 5.74) is 0.129. The minimum atomic E-state index is -4.48. The van der Waals surface area contributed by atoms with E-state index in [4.69, 9.17) is 13.8 Å². The first-order valence-corrected chi connectivity index (χ1v) is 14.9. The topological polar surface area (TPSA) is 150 Å². The fraction of sp³-hybridized carbons (Fsp3) is 0.923. The van der Waals surface area contributed by atoms with Gasteiger partial charge in [-0.05, 0) is 104 Å². The number of hydrogen-bond donors (Lipinski definition) is 4. The van der Waals surface area contributed by atoms with Crippen LogP contribution in [0.1, 0.15) is 85.0 Å². The summed E-state index contributed by atoms with van der Waals surface area (Å²) >= 11 is 0. The molecule has 208 valence electrons. The van der Waals surface area contributed by atoms with Crippen LogP contribution in [0.3, 0.4) is 0 Å². The summed E-state index contributed by atoms with van der Waals surface area (Å²) in [6.07, 6.45) is 6.98. The normalized spacial score (nSPS) is 40.8. The van der Waals surface area contributed by atoms with E-state index in [0.29, 0.717) is 49.4 Å². The zero-order chi connectivity index (χ0) is 26.5. The van der Waals surface area contributed by atoms with Crippen molar-refractivity contribution in [2.75, 3.05) is 6.54 Å². The van der Waals surface area contributed by atoms with Crippen LogP contribution < -0.4 is 5.32 Å². The van der Waals surface area contributed by atoms with Crippen LogP contribution in [0.15, 0.2) is 0 Å². The quantitative estimate of drug-likeness (QED) is 0.255. The number of carboxylic acids is 1. The van der Waals surface area contributed by atoms with E-state index in [1.165, 1.54) is 0 Å². The molecule has 1 amide bonds. The predicted octanol–water partition coefficient (Wildman–Crippen LogP) is 2.66. The van der Waals surface area contributed by atoms with E-state index in [1.807, 2.05) is 0 Å². The van der Waals surface area contributed by atoms with Crippen LogP contribution in [-0.4, -0.2) is 113 Å². The first-order valence-electron chi connectivity index (χ1n) is 13.6. The molecule has 4 aliphatic carbocycles. The molecule has 4 N–H and O–H groups in total. The largest absolute Gasteiger partial charge is 0.480 e. The molecule has 0 bridgehead atoms. The molecule has 4 rings (SSSR count). The Morgan fingerprint density at radius 1 is 1.03 bits per heavy atom. The number of rotatable bonds is 8. The van der Waals surface area contributed by atoms with Gasteiger partial charge in [-0.25, -0.2) is 4.18 Å². The minimum Gasteiger partial charge on any atom is -0.480 e. The first kappa shape index (κ1) is 35.0. The number of hydrogen-bond acceptors (Lipinski definition) is 6. The first-order chi connectivity index (χ1) is 16.7. The molecule has 4 aliphatic rings. The SMILES string of the molecule is C[C@H](CCC(=O)NCC(=O)O)[C@H]1CC[C@H]2[C@@H]3[C@H](O)C[C@@H]4C[C@H](OS(=O)(=O)O)CC[C@]4(C)[C@H]3CC[C@]12C.[Na].[Na]. The summed E-state index contributed by atoms with van der Waals surface area (Å²) in [6, 6.07) is 0. The molecule has 0 aromatic rings. The Morgan fingerprint density at radius 3 is 2.29 bits per heavy atom. The van der Waals surface area contributed by atoms with Gasteiger partial charge in [0.15, 0.2) is 0 Å². The summed E-state index contributed by atoms with van der Waals surface area (Å²) in [7, 11) is -4.48. The van der Waals surface area contributed by atoms with E-state index < -0.39 is 28.6 Å². The van der Waals surface area contributed by atoms with Crippen LogP contribution in [0.25, 0.3) is 0 Å². The Labute approximate surface area is 271 Å². The van der Waals surface area contributed by atoms with Crippen molar-refractivity contribution in [2.24, 2.45) is 46.3 Å². The molecule has 0 unspecified atom stereocenters. The molecule has 0 aromatic carbocycles. The third-order valence-electron chi connectivity index (χ3n) is 10.9. The molecule has 38 heavy (non-hydrogen) atoms. The van der Waals surface area contributed by atoms with Gasteiger partial charge >= 0.3 is 16.4 Å². The van der Waals surface area contributed by atoms with Crippen molar-refractivity contribution in [3.05, 3.63) is 0 Å². The van der Waals surface area contributed by atoms with Gasteiger partial charge in [0.2, 0.25) is 5.91 Å². The summed E-state index contributed by atoms with van der Waals surface area (Å²) in [4.78, 5) is 22.8. The zero-order valence-corrected chi connectivity index (χ0v) is 28.5. The van der Waals surface area contributed by atoms with Crippen LogP contribution in [0.4, 0.5) is 0 Å². The maximum absolute atomic E-state index is 12.1. The fourth-order valence-electron chi connectivity index (χ4n) is 9.24. The Balaban J connectivity index is 0.00000253. The number of carbonyl (C=O) groups excluding carboxylic acids is 1. The van der Waals surface area contributed by atoms with Crippen molar-refractivity contribution in [3.63, 3.8) is 0 Å². The minimum absolute atomic E-state index is 0. The Hall–Kier alpha value is 0.770. The Bertz CT molecular complexity index is 967. The monoisotopic (exact) mass is 575 g/mol. The van der Waals surface area contributed by atoms with E-state index in [-0.39, 0.29) is 94.2 Å². The maximum atomic E-state index is 12.1. The number of fused-ring (bicyclic) bond motifs is 5. The van der Waals surface area contributed by atoms with E-state index in [9.17, 15) is 23.1 Å². The standard InChI is InChI=1S/C26H43NO8S.2Na/c1-15(4-7-22(29)27-14-23(30)31)18-5-6-19-24-20(9-11-26(18,19)3)25(2)10-8-17(35-36(32,33)34)12-16(25)13-21(24)28;;/h15-21,24,28H,4-14H2,1-3H3,(H,27,29)(H,30,31)(H,32,33,34);;/t15-,16+,17-,18-,19+,20+,21-,24+,25+,26-;;/m1../s1. The van der Waals surface area contributed by atoms with Gasteiger partial charge in [0.05, 0.1) is 12.2 Å². The average molecular weight is 576 g/mol. The maximum Gasteiger partial charge on any atom is 0.397 e. The second-order valence-corrected chi connectivity index (χ2v) is 13.7. The number of aliphatic hydroxyl groups excluding tert-OH is 1. The molecule has 0 saturated heterocycles. The van der Waals surface area contributed by atoms with E-state index in [1.54, 1.807) is 0 Å². The van der Waals surface area contributed by atoms with Gasteiger partial charge in [0.25, 0.3) is 0 Å². The molecule has 0 spiro atoms. The van der Waals surface area contributed by atoms with Crippen molar-refractivity contribution in [1.29, 1.82) is 0 Å². The van der Waals surface area contributed by atoms with Crippen LogP contribution in [-0.2, 0) is 24.2 Å². The number of nitrogens with one attached hydrogen (secondary N) is 1. The molecule has 0 heterocycles. The van der Waals surface area contributed by atoms with Gasteiger partial charge in [-0.2, -0.15) is 8.42 Å². The van der Waals surface area contributed by atoms with Gasteiger partial charge in [0.1, 0.15) is 6.54 Å². The summed E-state index contributed by atoms with van der Waals surface area (Å²) < 4.78 is 36.6. The average Bonchev–Trinajstić information content (AvgIpc) is 3.13. The smallest absolute Gasteiger partial charge is 0.397 e. The third kappa shape index (κ3) is 7.21. The van der Waals surface area contributed by atoms with Gasteiger partial charge in [-0.3, -0.25) is 14.1 Å². The van der Waals surface area contributed by atoms with Crippen molar-refractivity contribution >= 4 is 81.4 Å². The fourth-order valence-corrected chi connectivity index (χ4v) is 9.76. The van der Waals surface area contributed by atoms with Gasteiger partial charge in [-0.15, -0.1) is 0 Å². The summed E-state index contributed by atoms with van der Waals surface area (Å²) in [6.45, 7) is 6.56. The predicted molar refractivity (Wildman–Crippen MR) is 144 cm³/mol. The molecule has 2 radical (unpaired) electrons. The van der Waals surface area contributed by atoms with Gasteiger partial charge < -0.3 is 15.5 Å². The van der Waals surface area contributed by atoms with Crippen molar-refractivity contribution in [1.82, 2.24) is 5.32 Å². The second kappa shape index (κ2) is 13.4. The molecule has 9 nitrogen and oxygen atoms in total. The molecular weight excluding hydrogens is 532 g/mol. The molecule has 4 saturated carbocycles. The zero-order valence-electron chi connectivity index (χ0n) is 23.7. The number of aliphatic carboxylic acids is 1. The van der Waals surface area contributed by atoms with Crippen LogP contribution in [0.2, 0.25) is 0 Å². The Kier molecular flexibility index (Phi) is 12.3. The van der Waals surface area contributed by atoms with Crippen molar-refractivity contribution in [2.45, 2.75) is 97.2 Å². The van der Waals surface area contributed by atoms with Crippen molar-refractivity contribution in [3.8, 4) is 0 Å².